The van der Waals surface area contributed by atoms with Gasteiger partial charge in [-0.3, -0.25) is 0 Å². The summed E-state index contributed by atoms with van der Waals surface area (Å²) >= 11 is 0. The van der Waals surface area contributed by atoms with Gasteiger partial charge in [0.25, 0.3) is 0 Å². The summed E-state index contributed by atoms with van der Waals surface area (Å²) in [6, 6.07) is 15.1. The Kier molecular flexibility index (Phi) is 4.90. The van der Waals surface area contributed by atoms with Gasteiger partial charge in [-0.1, -0.05) is 54.6 Å². The molecule has 0 aromatic heterocycles. The van der Waals surface area contributed by atoms with Gasteiger partial charge in [0.1, 0.15) is 18.1 Å². The molecule has 1 aliphatic heterocycles. The minimum absolute atomic E-state index is 0.0703. The average molecular weight is 407 g/mol. The standard InChI is InChI=1S/C24H26N2O4/c1-4-24(14-26(2,3)15-24)21(22(27)28)25-23(29)30-13-20-18-11-7-5-9-16(18)17-10-6-8-12-19(17)20/h4-12,20-21H,1,13-15H2,2-3H3,(H-,25,27,28,29)/p+1/t21-/m1/s1. The summed E-state index contributed by atoms with van der Waals surface area (Å²) in [5.74, 6) is -1.15. The number of hydrogen-bond donors (Lipinski definition) is 2. The van der Waals surface area contributed by atoms with E-state index >= 15 is 0 Å². The summed E-state index contributed by atoms with van der Waals surface area (Å²) in [7, 11) is 4.04. The number of amides is 1. The predicted octanol–water partition coefficient (Wildman–Crippen LogP) is 3.24. The Morgan fingerprint density at radius 3 is 2.17 bits per heavy atom. The summed E-state index contributed by atoms with van der Waals surface area (Å²) in [6.45, 7) is 5.16. The van der Waals surface area contributed by atoms with Gasteiger partial charge in [-0.05, 0) is 22.3 Å². The zero-order chi connectivity index (χ0) is 21.5. The first-order chi connectivity index (χ1) is 14.3. The summed E-state index contributed by atoms with van der Waals surface area (Å²) in [5.41, 5.74) is 3.83. The Labute approximate surface area is 176 Å². The molecule has 30 heavy (non-hydrogen) atoms. The Balaban J connectivity index is 1.47. The van der Waals surface area contributed by atoms with Crippen LogP contribution in [0.15, 0.2) is 61.2 Å². The fraction of sp³-hybridized carbons (Fsp3) is 0.333. The van der Waals surface area contributed by atoms with Gasteiger partial charge in [0.2, 0.25) is 0 Å². The largest absolute Gasteiger partial charge is 0.480 e. The van der Waals surface area contributed by atoms with Crippen LogP contribution in [0.3, 0.4) is 0 Å². The molecule has 2 N–H and O–H groups in total. The highest BCUT2D eigenvalue weighted by Gasteiger charge is 2.57. The van der Waals surface area contributed by atoms with Crippen molar-refractivity contribution >= 4 is 12.1 Å². The number of aliphatic carboxylic acids is 1. The molecule has 1 fully saturated rings. The molecule has 2 aliphatic rings. The third-order valence-corrected chi connectivity index (χ3v) is 6.28. The van der Waals surface area contributed by atoms with Crippen LogP contribution in [0.2, 0.25) is 0 Å². The summed E-state index contributed by atoms with van der Waals surface area (Å²) in [4.78, 5) is 24.5. The van der Waals surface area contributed by atoms with Crippen LogP contribution in [0.5, 0.6) is 0 Å². The molecule has 6 nitrogen and oxygen atoms in total. The van der Waals surface area contributed by atoms with Crippen molar-refractivity contribution in [1.29, 1.82) is 0 Å². The van der Waals surface area contributed by atoms with Gasteiger partial charge in [0, 0.05) is 5.92 Å². The molecule has 1 aliphatic carbocycles. The Morgan fingerprint density at radius 1 is 1.17 bits per heavy atom. The van der Waals surface area contributed by atoms with Gasteiger partial charge < -0.3 is 19.6 Å². The Hall–Kier alpha value is -3.12. The second kappa shape index (κ2) is 7.29. The minimum Gasteiger partial charge on any atom is -0.480 e. The number of benzene rings is 2. The Bertz CT molecular complexity index is 960. The molecule has 1 heterocycles. The topological polar surface area (TPSA) is 75.6 Å². The number of fused-ring (bicyclic) bond motifs is 3. The zero-order valence-corrected chi connectivity index (χ0v) is 17.3. The number of quaternary nitrogens is 1. The number of carboxylic acid groups (broad SMARTS) is 1. The van der Waals surface area contributed by atoms with Crippen molar-refractivity contribution in [2.24, 2.45) is 5.41 Å². The molecule has 1 saturated heterocycles. The molecular formula is C24H27N2O4+. The lowest BCUT2D eigenvalue weighted by molar-refractivity contribution is -0.947. The molecule has 6 heteroatoms. The fourth-order valence-corrected chi connectivity index (χ4v) is 5.19. The van der Waals surface area contributed by atoms with E-state index in [2.05, 4.69) is 24.0 Å². The number of alkyl carbamates (subject to hydrolysis) is 1. The molecule has 156 valence electrons. The van der Waals surface area contributed by atoms with Crippen LogP contribution in [-0.2, 0) is 9.53 Å². The van der Waals surface area contributed by atoms with Crippen LogP contribution in [0, 0.1) is 5.41 Å². The third kappa shape index (κ3) is 3.37. The van der Waals surface area contributed by atoms with E-state index in [0.29, 0.717) is 17.6 Å². The van der Waals surface area contributed by atoms with E-state index < -0.39 is 23.5 Å². The van der Waals surface area contributed by atoms with Gasteiger partial charge in [-0.15, -0.1) is 6.58 Å². The summed E-state index contributed by atoms with van der Waals surface area (Å²) in [5, 5.41) is 12.3. The van der Waals surface area contributed by atoms with Crippen molar-refractivity contribution in [2.75, 3.05) is 33.8 Å². The van der Waals surface area contributed by atoms with Crippen LogP contribution in [0.1, 0.15) is 17.0 Å². The monoisotopic (exact) mass is 407 g/mol. The van der Waals surface area contributed by atoms with Crippen LogP contribution in [-0.4, -0.2) is 61.5 Å². The van der Waals surface area contributed by atoms with E-state index in [1.165, 1.54) is 0 Å². The molecule has 1 atom stereocenters. The molecule has 2 aromatic carbocycles. The van der Waals surface area contributed by atoms with Crippen LogP contribution < -0.4 is 5.32 Å². The van der Waals surface area contributed by atoms with Gasteiger partial charge in [-0.2, -0.15) is 0 Å². The number of carbonyl (C=O) groups is 2. The quantitative estimate of drug-likeness (QED) is 0.569. The Morgan fingerprint density at radius 2 is 1.70 bits per heavy atom. The van der Waals surface area contributed by atoms with Gasteiger partial charge in [0.05, 0.1) is 27.2 Å². The molecule has 0 radical (unpaired) electrons. The normalized spacial score (nSPS) is 19.0. The van der Waals surface area contributed by atoms with Crippen molar-refractivity contribution in [3.63, 3.8) is 0 Å². The zero-order valence-electron chi connectivity index (χ0n) is 17.3. The molecule has 0 bridgehead atoms. The molecule has 0 saturated carbocycles. The summed E-state index contributed by atoms with van der Waals surface area (Å²) in [6.07, 6.45) is 0.932. The lowest BCUT2D eigenvalue weighted by Crippen LogP contribution is -2.72. The minimum atomic E-state index is -1.08. The van der Waals surface area contributed by atoms with Gasteiger partial charge in [0.15, 0.2) is 0 Å². The van der Waals surface area contributed by atoms with Crippen molar-refractivity contribution < 1.29 is 23.9 Å². The van der Waals surface area contributed by atoms with Crippen LogP contribution >= 0.6 is 0 Å². The number of carbonyl (C=O) groups excluding carboxylic acids is 1. The average Bonchev–Trinajstić information content (AvgIpc) is 3.02. The highest BCUT2D eigenvalue weighted by Crippen LogP contribution is 2.44. The van der Waals surface area contributed by atoms with E-state index in [9.17, 15) is 14.7 Å². The third-order valence-electron chi connectivity index (χ3n) is 6.28. The molecule has 0 unspecified atom stereocenters. The van der Waals surface area contributed by atoms with Crippen LogP contribution in [0.25, 0.3) is 11.1 Å². The maximum absolute atomic E-state index is 12.6. The first kappa shape index (κ1) is 20.2. The molecule has 2 aromatic rings. The second-order valence-electron chi connectivity index (χ2n) is 8.93. The van der Waals surface area contributed by atoms with Crippen molar-refractivity contribution in [2.45, 2.75) is 12.0 Å². The lowest BCUT2D eigenvalue weighted by Gasteiger charge is -2.53. The number of carboxylic acids is 1. The van der Waals surface area contributed by atoms with E-state index in [0.717, 1.165) is 22.3 Å². The number of nitrogens with zero attached hydrogens (tertiary/aromatic N) is 1. The molecular weight excluding hydrogens is 380 g/mol. The number of likely N-dealkylation sites (tertiary alicyclic amines) is 1. The number of hydrogen-bond acceptors (Lipinski definition) is 3. The van der Waals surface area contributed by atoms with E-state index in [-0.39, 0.29) is 12.5 Å². The number of nitrogens with one attached hydrogen (secondary N) is 1. The lowest BCUT2D eigenvalue weighted by atomic mass is 9.72. The van der Waals surface area contributed by atoms with Gasteiger partial charge >= 0.3 is 12.1 Å². The smallest absolute Gasteiger partial charge is 0.407 e. The number of rotatable bonds is 6. The molecule has 0 spiro atoms. The fourth-order valence-electron chi connectivity index (χ4n) is 5.19. The SMILES string of the molecule is C=CC1([C@H](NC(=O)OCC2c3ccccc3-c3ccccc32)C(=O)O)C[N+](C)(C)C1. The van der Waals surface area contributed by atoms with E-state index in [1.807, 2.05) is 50.5 Å². The molecule has 4 rings (SSSR count). The number of ether oxygens (including phenoxy) is 1. The van der Waals surface area contributed by atoms with Crippen molar-refractivity contribution in [3.05, 3.63) is 72.3 Å². The second-order valence-corrected chi connectivity index (χ2v) is 8.93. The maximum Gasteiger partial charge on any atom is 0.407 e. The van der Waals surface area contributed by atoms with Crippen molar-refractivity contribution in [1.82, 2.24) is 5.32 Å². The van der Waals surface area contributed by atoms with E-state index in [4.69, 9.17) is 4.74 Å². The highest BCUT2D eigenvalue weighted by molar-refractivity contribution is 5.82. The maximum atomic E-state index is 12.6. The van der Waals surface area contributed by atoms with E-state index in [1.54, 1.807) is 6.08 Å². The molecule has 1 amide bonds. The van der Waals surface area contributed by atoms with Gasteiger partial charge in [-0.25, -0.2) is 9.59 Å². The van der Waals surface area contributed by atoms with Crippen molar-refractivity contribution in [3.8, 4) is 11.1 Å². The highest BCUT2D eigenvalue weighted by atomic mass is 16.5. The first-order valence-electron chi connectivity index (χ1n) is 10.1. The summed E-state index contributed by atoms with van der Waals surface area (Å²) < 4.78 is 6.21. The van der Waals surface area contributed by atoms with Crippen LogP contribution in [0.4, 0.5) is 4.79 Å². The first-order valence-corrected chi connectivity index (χ1v) is 10.1. The predicted molar refractivity (Wildman–Crippen MR) is 114 cm³/mol.